The maximum absolute atomic E-state index is 12.3. The smallest absolute Gasteiger partial charge is 0.258 e. The highest BCUT2D eigenvalue weighted by atomic mass is 32.1. The summed E-state index contributed by atoms with van der Waals surface area (Å²) in [6.07, 6.45) is 0. The van der Waals surface area contributed by atoms with Crippen LogP contribution < -0.4 is 10.5 Å². The molecule has 0 bridgehead atoms. The average Bonchev–Trinajstić information content (AvgIpc) is 3.02. The lowest BCUT2D eigenvalue weighted by molar-refractivity contribution is -0.935. The number of quaternary nitrogens is 1. The van der Waals surface area contributed by atoms with Crippen molar-refractivity contribution in [1.29, 1.82) is 0 Å². The zero-order valence-corrected chi connectivity index (χ0v) is 17.2. The van der Waals surface area contributed by atoms with E-state index >= 15 is 0 Å². The molecule has 0 aliphatic heterocycles. The van der Waals surface area contributed by atoms with Crippen LogP contribution in [0.5, 0.6) is 0 Å². The minimum absolute atomic E-state index is 0.109. The van der Waals surface area contributed by atoms with Gasteiger partial charge in [-0.1, -0.05) is 42.5 Å². The number of aromatic nitrogens is 5. The molecule has 0 radical (unpaired) electrons. The highest BCUT2D eigenvalue weighted by Crippen LogP contribution is 2.16. The number of fused-ring (bicyclic) bond motifs is 1. The van der Waals surface area contributed by atoms with Gasteiger partial charge in [0.05, 0.1) is 17.4 Å². The van der Waals surface area contributed by atoms with Gasteiger partial charge in [0.25, 0.3) is 5.56 Å². The van der Waals surface area contributed by atoms with Crippen molar-refractivity contribution < 1.29 is 4.90 Å². The fourth-order valence-electron chi connectivity index (χ4n) is 3.39. The first kappa shape index (κ1) is 19.2. The first-order chi connectivity index (χ1) is 14.1. The predicted molar refractivity (Wildman–Crippen MR) is 115 cm³/mol. The maximum atomic E-state index is 12.3. The number of H-pyrrole nitrogens is 1. The third kappa shape index (κ3) is 3.90. The lowest BCUT2D eigenvalue weighted by Crippen LogP contribution is -3.09. The van der Waals surface area contributed by atoms with Crippen LogP contribution in [0, 0.1) is 4.77 Å². The maximum Gasteiger partial charge on any atom is 0.258 e. The minimum atomic E-state index is -0.109. The summed E-state index contributed by atoms with van der Waals surface area (Å²) >= 11 is 5.61. The van der Waals surface area contributed by atoms with Crippen molar-refractivity contribution >= 4 is 23.1 Å². The van der Waals surface area contributed by atoms with Gasteiger partial charge >= 0.3 is 0 Å². The molecule has 0 aliphatic carbocycles. The molecule has 2 aromatic carbocycles. The van der Waals surface area contributed by atoms with E-state index < -0.39 is 0 Å². The zero-order valence-electron chi connectivity index (χ0n) is 16.4. The molecule has 7 nitrogen and oxygen atoms in total. The van der Waals surface area contributed by atoms with Crippen molar-refractivity contribution in [2.24, 2.45) is 7.05 Å². The van der Waals surface area contributed by atoms with E-state index in [0.717, 1.165) is 17.9 Å². The SMILES string of the molecule is CC[NH+](Cc1nc2ccccc2c(=O)[nH]1)Cn1nc(-c2ccccc2)n(C)c1=S. The number of hydrogen-bond donors (Lipinski definition) is 2. The predicted octanol–water partition coefficient (Wildman–Crippen LogP) is 1.92. The average molecular weight is 408 g/mol. The molecule has 2 heterocycles. The zero-order chi connectivity index (χ0) is 20.4. The summed E-state index contributed by atoms with van der Waals surface area (Å²) in [6, 6.07) is 17.4. The lowest BCUT2D eigenvalue weighted by Gasteiger charge is -2.16. The van der Waals surface area contributed by atoms with Crippen molar-refractivity contribution in [3.05, 3.63) is 75.5 Å². The molecule has 4 rings (SSSR count). The highest BCUT2D eigenvalue weighted by Gasteiger charge is 2.16. The van der Waals surface area contributed by atoms with Crippen molar-refractivity contribution in [2.75, 3.05) is 6.54 Å². The fourth-order valence-corrected chi connectivity index (χ4v) is 3.58. The second-order valence-corrected chi connectivity index (χ2v) is 7.36. The van der Waals surface area contributed by atoms with E-state index in [-0.39, 0.29) is 5.56 Å². The Hall–Kier alpha value is -3.10. The van der Waals surface area contributed by atoms with Crippen LogP contribution in [0.2, 0.25) is 0 Å². The second-order valence-electron chi connectivity index (χ2n) is 7.00. The van der Waals surface area contributed by atoms with Gasteiger partial charge in [-0.2, -0.15) is 4.68 Å². The van der Waals surface area contributed by atoms with Crippen molar-refractivity contribution in [2.45, 2.75) is 20.1 Å². The number of hydrogen-bond acceptors (Lipinski definition) is 4. The molecular weight excluding hydrogens is 384 g/mol. The van der Waals surface area contributed by atoms with Gasteiger partial charge in [-0.25, -0.2) is 4.98 Å². The Morgan fingerprint density at radius 2 is 1.83 bits per heavy atom. The largest absolute Gasteiger partial charge is 0.310 e. The van der Waals surface area contributed by atoms with Crippen LogP contribution in [0.1, 0.15) is 12.7 Å². The van der Waals surface area contributed by atoms with Gasteiger partial charge in [0.15, 0.2) is 18.3 Å². The Balaban J connectivity index is 1.60. The van der Waals surface area contributed by atoms with Crippen LogP contribution in [-0.4, -0.2) is 30.9 Å². The van der Waals surface area contributed by atoms with Gasteiger partial charge in [0.2, 0.25) is 4.77 Å². The van der Waals surface area contributed by atoms with Gasteiger partial charge in [0, 0.05) is 12.6 Å². The molecule has 8 heteroatoms. The Morgan fingerprint density at radius 3 is 2.59 bits per heavy atom. The molecule has 0 saturated carbocycles. The monoisotopic (exact) mass is 407 g/mol. The van der Waals surface area contributed by atoms with Gasteiger partial charge in [-0.3, -0.25) is 4.79 Å². The molecule has 1 unspecified atom stereocenters. The van der Waals surface area contributed by atoms with Gasteiger partial charge in [-0.05, 0) is 31.3 Å². The third-order valence-electron chi connectivity index (χ3n) is 5.03. The van der Waals surface area contributed by atoms with Gasteiger partial charge in [-0.15, -0.1) is 5.10 Å². The van der Waals surface area contributed by atoms with Gasteiger partial charge in [0.1, 0.15) is 6.54 Å². The van der Waals surface area contributed by atoms with Crippen LogP contribution in [0.4, 0.5) is 0 Å². The molecule has 0 amide bonds. The Morgan fingerprint density at radius 1 is 1.10 bits per heavy atom. The number of aromatic amines is 1. The Labute approximate surface area is 173 Å². The Bertz CT molecular complexity index is 1260. The van der Waals surface area contributed by atoms with E-state index in [1.54, 1.807) is 6.07 Å². The summed E-state index contributed by atoms with van der Waals surface area (Å²) < 4.78 is 4.43. The summed E-state index contributed by atoms with van der Waals surface area (Å²) in [6.45, 7) is 4.11. The van der Waals surface area contributed by atoms with Crippen molar-refractivity contribution in [3.63, 3.8) is 0 Å². The van der Waals surface area contributed by atoms with E-state index in [0.29, 0.717) is 34.7 Å². The Kier molecular flexibility index (Phi) is 5.37. The van der Waals surface area contributed by atoms with Crippen molar-refractivity contribution in [3.8, 4) is 11.4 Å². The fraction of sp³-hybridized carbons (Fsp3) is 0.238. The van der Waals surface area contributed by atoms with Gasteiger partial charge < -0.3 is 14.5 Å². The standard InChI is InChI=1S/C21H22N6OS/c1-3-26(13-18-22-17-12-8-7-11-16(17)20(28)23-18)14-27-21(29)25(2)19(24-27)15-9-5-4-6-10-15/h4-12H,3,13-14H2,1-2H3,(H,22,23,28)/p+1. The summed E-state index contributed by atoms with van der Waals surface area (Å²) in [5.74, 6) is 1.50. The quantitative estimate of drug-likeness (QED) is 0.479. The molecule has 1 atom stereocenters. The topological polar surface area (TPSA) is 72.9 Å². The van der Waals surface area contributed by atoms with Crippen LogP contribution in [0.25, 0.3) is 22.3 Å². The molecular formula is C21H23N6OS+. The first-order valence-corrected chi connectivity index (χ1v) is 9.98. The van der Waals surface area contributed by atoms with Crippen LogP contribution in [0.15, 0.2) is 59.4 Å². The summed E-state index contributed by atoms with van der Waals surface area (Å²) in [7, 11) is 1.93. The molecule has 0 spiro atoms. The first-order valence-electron chi connectivity index (χ1n) is 9.57. The molecule has 0 saturated heterocycles. The number of benzene rings is 2. The second kappa shape index (κ2) is 8.10. The highest BCUT2D eigenvalue weighted by molar-refractivity contribution is 7.71. The van der Waals surface area contributed by atoms with E-state index in [4.69, 9.17) is 17.3 Å². The lowest BCUT2D eigenvalue weighted by atomic mass is 10.2. The molecule has 0 fully saturated rings. The van der Waals surface area contributed by atoms with E-state index in [9.17, 15) is 4.79 Å². The minimum Gasteiger partial charge on any atom is -0.310 e. The molecule has 148 valence electrons. The van der Waals surface area contributed by atoms with E-state index in [1.807, 2.05) is 64.8 Å². The molecule has 2 aromatic heterocycles. The summed E-state index contributed by atoms with van der Waals surface area (Å²) in [4.78, 5) is 21.1. The normalized spacial score (nSPS) is 12.3. The number of nitrogens with one attached hydrogen (secondary N) is 2. The van der Waals surface area contributed by atoms with Crippen LogP contribution >= 0.6 is 12.2 Å². The van der Waals surface area contributed by atoms with Crippen LogP contribution in [0.3, 0.4) is 0 Å². The third-order valence-corrected chi connectivity index (χ3v) is 5.51. The molecule has 4 aromatic rings. The molecule has 29 heavy (non-hydrogen) atoms. The number of nitrogens with zero attached hydrogens (tertiary/aromatic N) is 4. The van der Waals surface area contributed by atoms with Crippen LogP contribution in [-0.2, 0) is 20.3 Å². The number of para-hydroxylation sites is 1. The van der Waals surface area contributed by atoms with E-state index in [2.05, 4.69) is 16.9 Å². The van der Waals surface area contributed by atoms with E-state index in [1.165, 1.54) is 4.90 Å². The van der Waals surface area contributed by atoms with Crippen molar-refractivity contribution in [1.82, 2.24) is 24.3 Å². The summed E-state index contributed by atoms with van der Waals surface area (Å²) in [5.41, 5.74) is 1.63. The number of rotatable bonds is 6. The summed E-state index contributed by atoms with van der Waals surface area (Å²) in [5, 5.41) is 5.34. The molecule has 2 N–H and O–H groups in total. The molecule has 0 aliphatic rings.